The summed E-state index contributed by atoms with van der Waals surface area (Å²) < 4.78 is 5.01. The molecule has 1 rings (SSSR count). The van der Waals surface area contributed by atoms with E-state index in [0.29, 0.717) is 0 Å². The van der Waals surface area contributed by atoms with Crippen LogP contribution in [0.3, 0.4) is 0 Å². The van der Waals surface area contributed by atoms with Crippen LogP contribution in [0.5, 0.6) is 0 Å². The molecule has 10 heavy (non-hydrogen) atoms. The largest absolute Gasteiger partial charge is 0.458 e. The van der Waals surface area contributed by atoms with Crippen LogP contribution in [0.4, 0.5) is 0 Å². The van der Waals surface area contributed by atoms with Gasteiger partial charge < -0.3 is 10.5 Å². The summed E-state index contributed by atoms with van der Waals surface area (Å²) in [6, 6.07) is -0.435. The van der Waals surface area contributed by atoms with Crippen molar-refractivity contribution in [3.63, 3.8) is 0 Å². The van der Waals surface area contributed by atoms with Gasteiger partial charge >= 0.3 is 5.97 Å². The number of rotatable bonds is 0. The summed E-state index contributed by atoms with van der Waals surface area (Å²) in [5.74, 6) is -0.169. The van der Waals surface area contributed by atoms with Crippen molar-refractivity contribution in [2.45, 2.75) is 32.4 Å². The highest BCUT2D eigenvalue weighted by Gasteiger charge is 2.45. The van der Waals surface area contributed by atoms with Crippen molar-refractivity contribution in [2.24, 2.45) is 11.7 Å². The van der Waals surface area contributed by atoms with Crippen LogP contribution in [0.2, 0.25) is 0 Å². The van der Waals surface area contributed by atoms with Gasteiger partial charge in [0.05, 0.1) is 0 Å². The molecule has 1 fully saturated rings. The van der Waals surface area contributed by atoms with Crippen molar-refractivity contribution in [1.82, 2.24) is 0 Å². The van der Waals surface area contributed by atoms with Gasteiger partial charge in [-0.25, -0.2) is 0 Å². The Morgan fingerprint density at radius 3 is 2.20 bits per heavy atom. The summed E-state index contributed by atoms with van der Waals surface area (Å²) in [6.45, 7) is 5.68. The quantitative estimate of drug-likeness (QED) is 0.496. The molecule has 2 atom stereocenters. The van der Waals surface area contributed by atoms with Crippen LogP contribution in [0, 0.1) is 5.92 Å². The second kappa shape index (κ2) is 1.95. The fourth-order valence-electron chi connectivity index (χ4n) is 1.06. The lowest BCUT2D eigenvalue weighted by Gasteiger charge is -2.21. The Morgan fingerprint density at radius 2 is 2.10 bits per heavy atom. The molecule has 3 nitrogen and oxygen atoms in total. The number of nitrogens with two attached hydrogens (primary N) is 1. The molecule has 0 unspecified atom stereocenters. The van der Waals surface area contributed by atoms with Crippen LogP contribution >= 0.6 is 0 Å². The summed E-state index contributed by atoms with van der Waals surface area (Å²) in [6.07, 6.45) is 0. The van der Waals surface area contributed by atoms with E-state index in [0.717, 1.165) is 0 Å². The Balaban J connectivity index is 2.81. The monoisotopic (exact) mass is 143 g/mol. The van der Waals surface area contributed by atoms with Gasteiger partial charge in [-0.05, 0) is 13.8 Å². The van der Waals surface area contributed by atoms with Gasteiger partial charge in [0, 0.05) is 5.92 Å². The van der Waals surface area contributed by atoms with E-state index in [9.17, 15) is 4.79 Å². The maximum absolute atomic E-state index is 10.9. The van der Waals surface area contributed by atoms with Crippen LogP contribution in [0.1, 0.15) is 20.8 Å². The molecule has 2 N–H and O–H groups in total. The number of carbonyl (C=O) groups is 1. The lowest BCUT2D eigenvalue weighted by molar-refractivity contribution is -0.147. The summed E-state index contributed by atoms with van der Waals surface area (Å²) in [7, 11) is 0. The Hall–Kier alpha value is -0.570. The fraction of sp³-hybridized carbons (Fsp3) is 0.857. The third-order valence-electron chi connectivity index (χ3n) is 2.27. The van der Waals surface area contributed by atoms with E-state index in [1.807, 2.05) is 20.8 Å². The molecule has 0 aromatic heterocycles. The molecule has 58 valence electrons. The number of carbonyl (C=O) groups excluding carboxylic acids is 1. The first-order chi connectivity index (χ1) is 4.45. The molecule has 1 aliphatic rings. The van der Waals surface area contributed by atoms with Crippen molar-refractivity contribution in [3.05, 3.63) is 0 Å². The molecular formula is C7H13NO2. The molecule has 0 amide bonds. The second-order valence-electron chi connectivity index (χ2n) is 3.34. The van der Waals surface area contributed by atoms with Gasteiger partial charge in [-0.2, -0.15) is 0 Å². The number of cyclic esters (lactones) is 1. The first-order valence-electron chi connectivity index (χ1n) is 3.43. The predicted molar refractivity (Wildman–Crippen MR) is 37.3 cm³/mol. The molecular weight excluding hydrogens is 130 g/mol. The topological polar surface area (TPSA) is 52.3 Å². The Morgan fingerprint density at radius 1 is 1.60 bits per heavy atom. The van der Waals surface area contributed by atoms with Crippen molar-refractivity contribution in [3.8, 4) is 0 Å². The second-order valence-corrected chi connectivity index (χ2v) is 3.34. The first kappa shape index (κ1) is 7.54. The van der Waals surface area contributed by atoms with Crippen LogP contribution in [0.15, 0.2) is 0 Å². The summed E-state index contributed by atoms with van der Waals surface area (Å²) >= 11 is 0. The fourth-order valence-corrected chi connectivity index (χ4v) is 1.06. The van der Waals surface area contributed by atoms with E-state index in [1.165, 1.54) is 0 Å². The van der Waals surface area contributed by atoms with E-state index in [-0.39, 0.29) is 17.5 Å². The van der Waals surface area contributed by atoms with Crippen molar-refractivity contribution in [1.29, 1.82) is 0 Å². The van der Waals surface area contributed by atoms with Crippen molar-refractivity contribution in [2.75, 3.05) is 0 Å². The summed E-state index contributed by atoms with van der Waals surface area (Å²) in [5, 5.41) is 0. The van der Waals surface area contributed by atoms with E-state index < -0.39 is 6.04 Å². The molecule has 1 saturated heterocycles. The van der Waals surface area contributed by atoms with Crippen LogP contribution in [-0.2, 0) is 9.53 Å². The zero-order valence-corrected chi connectivity index (χ0v) is 6.55. The van der Waals surface area contributed by atoms with Gasteiger partial charge in [-0.1, -0.05) is 6.92 Å². The van der Waals surface area contributed by atoms with E-state index in [1.54, 1.807) is 0 Å². The minimum absolute atomic E-state index is 0.111. The Kier molecular flexibility index (Phi) is 1.47. The van der Waals surface area contributed by atoms with Gasteiger partial charge in [0.1, 0.15) is 11.6 Å². The Labute approximate surface area is 60.5 Å². The number of hydrogen-bond acceptors (Lipinski definition) is 3. The smallest absolute Gasteiger partial charge is 0.323 e. The molecule has 0 spiro atoms. The van der Waals surface area contributed by atoms with Gasteiger partial charge in [-0.3, -0.25) is 4.79 Å². The molecule has 0 bridgehead atoms. The molecule has 0 aliphatic carbocycles. The molecule has 0 aromatic carbocycles. The Bertz CT molecular complexity index is 165. The first-order valence-corrected chi connectivity index (χ1v) is 3.43. The maximum Gasteiger partial charge on any atom is 0.323 e. The van der Waals surface area contributed by atoms with Gasteiger partial charge in [0.25, 0.3) is 0 Å². The zero-order valence-electron chi connectivity index (χ0n) is 6.55. The van der Waals surface area contributed by atoms with Gasteiger partial charge in [0.15, 0.2) is 0 Å². The zero-order chi connectivity index (χ0) is 7.94. The minimum Gasteiger partial charge on any atom is -0.458 e. The van der Waals surface area contributed by atoms with E-state index >= 15 is 0 Å². The SMILES string of the molecule is C[C@@H]1[C@H](N)C(=O)OC1(C)C. The minimum atomic E-state index is -0.435. The lowest BCUT2D eigenvalue weighted by atomic mass is 9.90. The molecule has 0 aromatic rings. The van der Waals surface area contributed by atoms with Crippen molar-refractivity contribution >= 4 is 5.97 Å². The van der Waals surface area contributed by atoms with Crippen LogP contribution in [0.25, 0.3) is 0 Å². The van der Waals surface area contributed by atoms with Crippen LogP contribution < -0.4 is 5.73 Å². The standard InChI is InChI=1S/C7H13NO2/c1-4-5(8)6(9)10-7(4,2)3/h4-5H,8H2,1-3H3/t4-,5+/m1/s1. The highest BCUT2D eigenvalue weighted by Crippen LogP contribution is 2.30. The van der Waals surface area contributed by atoms with E-state index in [4.69, 9.17) is 10.5 Å². The lowest BCUT2D eigenvalue weighted by Crippen LogP contribution is -2.35. The summed E-state index contributed by atoms with van der Waals surface area (Å²) in [5.41, 5.74) is 5.14. The number of hydrogen-bond donors (Lipinski definition) is 1. The van der Waals surface area contributed by atoms with Gasteiger partial charge in [0.2, 0.25) is 0 Å². The van der Waals surface area contributed by atoms with Crippen molar-refractivity contribution < 1.29 is 9.53 Å². The number of esters is 1. The molecule has 1 aliphatic heterocycles. The molecule has 3 heteroatoms. The molecule has 0 saturated carbocycles. The van der Waals surface area contributed by atoms with Crippen LogP contribution in [-0.4, -0.2) is 17.6 Å². The maximum atomic E-state index is 10.9. The highest BCUT2D eigenvalue weighted by molar-refractivity contribution is 5.78. The third kappa shape index (κ3) is 0.904. The highest BCUT2D eigenvalue weighted by atomic mass is 16.6. The number of ether oxygens (including phenoxy) is 1. The van der Waals surface area contributed by atoms with E-state index in [2.05, 4.69) is 0 Å². The average Bonchev–Trinajstić information content (AvgIpc) is 1.95. The predicted octanol–water partition coefficient (Wildman–Crippen LogP) is 0.285. The summed E-state index contributed by atoms with van der Waals surface area (Å²) in [4.78, 5) is 10.9. The normalized spacial score (nSPS) is 37.8. The van der Waals surface area contributed by atoms with Gasteiger partial charge in [-0.15, -0.1) is 0 Å². The average molecular weight is 143 g/mol. The molecule has 1 heterocycles. The molecule has 0 radical (unpaired) electrons. The third-order valence-corrected chi connectivity index (χ3v) is 2.27.